The second-order valence-corrected chi connectivity index (χ2v) is 9.28. The van der Waals surface area contributed by atoms with Crippen LogP contribution in [0.2, 0.25) is 0 Å². The molecule has 0 fully saturated rings. The Morgan fingerprint density at radius 2 is 1.58 bits per heavy atom. The van der Waals surface area contributed by atoms with E-state index in [0.717, 1.165) is 41.1 Å². The Morgan fingerprint density at radius 1 is 0.806 bits per heavy atom. The molecule has 0 aliphatic heterocycles. The van der Waals surface area contributed by atoms with E-state index in [-0.39, 0.29) is 5.91 Å². The number of unbranched alkanes of at least 4 members (excludes halogenated alkanes) is 2. The Hall–Kier alpha value is -3.79. The number of rotatable bonds is 12. The van der Waals surface area contributed by atoms with E-state index in [1.165, 1.54) is 24.8 Å². The summed E-state index contributed by atoms with van der Waals surface area (Å²) >= 11 is 0. The Morgan fingerprint density at radius 3 is 2.33 bits per heavy atom. The van der Waals surface area contributed by atoms with Gasteiger partial charge in [-0.25, -0.2) is 0 Å². The predicted molar refractivity (Wildman–Crippen MR) is 146 cm³/mol. The Bertz CT molecular complexity index is 1230. The lowest BCUT2D eigenvalue weighted by Gasteiger charge is -2.24. The molecule has 3 aromatic carbocycles. The maximum Gasteiger partial charge on any atom is 0.254 e. The highest BCUT2D eigenvalue weighted by molar-refractivity contribution is 5.94. The van der Waals surface area contributed by atoms with Crippen molar-refractivity contribution in [3.05, 3.63) is 125 Å². The van der Waals surface area contributed by atoms with Crippen LogP contribution in [0, 0.1) is 0 Å². The molecule has 1 amide bonds. The first-order valence-corrected chi connectivity index (χ1v) is 12.9. The molecule has 36 heavy (non-hydrogen) atoms. The van der Waals surface area contributed by atoms with Gasteiger partial charge in [0.15, 0.2) is 0 Å². The SMILES string of the molecule is CCCCCc1ccc(C(=O)N(Cc2ccccc2)Cc2cccn2Cc2cccc(OC)c2)cc1. The molecule has 0 saturated heterocycles. The van der Waals surface area contributed by atoms with Crippen LogP contribution in [0.15, 0.2) is 97.2 Å². The van der Waals surface area contributed by atoms with Gasteiger partial charge < -0.3 is 14.2 Å². The number of aromatic nitrogens is 1. The average molecular weight is 481 g/mol. The van der Waals surface area contributed by atoms with E-state index in [1.807, 2.05) is 53.4 Å². The van der Waals surface area contributed by atoms with Gasteiger partial charge in [-0.2, -0.15) is 0 Å². The second kappa shape index (κ2) is 12.8. The van der Waals surface area contributed by atoms with Crippen LogP contribution < -0.4 is 4.74 Å². The number of nitrogens with zero attached hydrogens (tertiary/aromatic N) is 2. The second-order valence-electron chi connectivity index (χ2n) is 9.28. The molecule has 4 nitrogen and oxygen atoms in total. The quantitative estimate of drug-likeness (QED) is 0.202. The minimum atomic E-state index is 0.0492. The van der Waals surface area contributed by atoms with Gasteiger partial charge in [0.1, 0.15) is 5.75 Å². The van der Waals surface area contributed by atoms with E-state index in [2.05, 4.69) is 60.2 Å². The molecule has 0 unspecified atom stereocenters. The predicted octanol–water partition coefficient (Wildman–Crippen LogP) is 7.12. The van der Waals surface area contributed by atoms with Crippen LogP contribution in [-0.2, 0) is 26.1 Å². The summed E-state index contributed by atoms with van der Waals surface area (Å²) in [6, 6.07) is 30.6. The van der Waals surface area contributed by atoms with Crippen LogP contribution >= 0.6 is 0 Å². The number of ether oxygens (including phenoxy) is 1. The number of carbonyl (C=O) groups excluding carboxylic acids is 1. The molecule has 0 aliphatic rings. The van der Waals surface area contributed by atoms with Gasteiger partial charge in [-0.3, -0.25) is 4.79 Å². The van der Waals surface area contributed by atoms with Gasteiger partial charge in [0.2, 0.25) is 0 Å². The molecule has 0 bridgehead atoms. The average Bonchev–Trinajstić information content (AvgIpc) is 3.35. The van der Waals surface area contributed by atoms with E-state index in [1.54, 1.807) is 7.11 Å². The number of amides is 1. The first-order chi connectivity index (χ1) is 17.7. The standard InChI is InChI=1S/C32H36N2O2/c1-3-4-6-11-26-17-19-29(20-18-26)32(35)34(23-27-12-7-5-8-13-27)25-30-15-10-21-33(30)24-28-14-9-16-31(22-28)36-2/h5,7-10,12-22H,3-4,6,11,23-25H2,1-2H3. The molecule has 0 radical (unpaired) electrons. The highest BCUT2D eigenvalue weighted by Gasteiger charge is 2.18. The van der Waals surface area contributed by atoms with Crippen LogP contribution in [0.1, 0.15) is 58.9 Å². The number of methoxy groups -OCH3 is 1. The molecule has 1 heterocycles. The van der Waals surface area contributed by atoms with Crippen LogP contribution in [0.25, 0.3) is 0 Å². The van der Waals surface area contributed by atoms with Crippen molar-refractivity contribution in [3.63, 3.8) is 0 Å². The lowest BCUT2D eigenvalue weighted by molar-refractivity contribution is 0.0726. The molecule has 186 valence electrons. The van der Waals surface area contributed by atoms with E-state index < -0.39 is 0 Å². The number of carbonyl (C=O) groups is 1. The molecule has 0 saturated carbocycles. The van der Waals surface area contributed by atoms with Gasteiger partial charge in [-0.05, 0) is 65.9 Å². The molecule has 0 N–H and O–H groups in total. The fourth-order valence-electron chi connectivity index (χ4n) is 4.49. The highest BCUT2D eigenvalue weighted by Crippen LogP contribution is 2.19. The fourth-order valence-corrected chi connectivity index (χ4v) is 4.49. The van der Waals surface area contributed by atoms with Crippen molar-refractivity contribution in [2.75, 3.05) is 7.11 Å². The maximum atomic E-state index is 13.7. The first kappa shape index (κ1) is 25.3. The molecule has 4 rings (SSSR count). The van der Waals surface area contributed by atoms with Crippen molar-refractivity contribution >= 4 is 5.91 Å². The molecule has 4 heteroatoms. The van der Waals surface area contributed by atoms with Crippen LogP contribution in [0.4, 0.5) is 0 Å². The summed E-state index contributed by atoms with van der Waals surface area (Å²) in [5.74, 6) is 0.897. The largest absolute Gasteiger partial charge is 0.497 e. The third kappa shape index (κ3) is 6.88. The van der Waals surface area contributed by atoms with Crippen molar-refractivity contribution in [2.24, 2.45) is 0 Å². The molecule has 0 atom stereocenters. The first-order valence-electron chi connectivity index (χ1n) is 12.9. The third-order valence-corrected chi connectivity index (χ3v) is 6.54. The van der Waals surface area contributed by atoms with E-state index in [9.17, 15) is 4.79 Å². The zero-order chi connectivity index (χ0) is 25.2. The van der Waals surface area contributed by atoms with Crippen molar-refractivity contribution < 1.29 is 9.53 Å². The van der Waals surface area contributed by atoms with E-state index >= 15 is 0 Å². The summed E-state index contributed by atoms with van der Waals surface area (Å²) in [4.78, 5) is 15.6. The summed E-state index contributed by atoms with van der Waals surface area (Å²) in [6.45, 7) is 4.03. The molecule has 0 aliphatic carbocycles. The minimum Gasteiger partial charge on any atom is -0.497 e. The lowest BCUT2D eigenvalue weighted by Crippen LogP contribution is -2.31. The third-order valence-electron chi connectivity index (χ3n) is 6.54. The van der Waals surface area contributed by atoms with Crippen molar-refractivity contribution in [1.29, 1.82) is 0 Å². The summed E-state index contributed by atoms with van der Waals surface area (Å²) in [5.41, 5.74) is 5.40. The molecular weight excluding hydrogens is 444 g/mol. The van der Waals surface area contributed by atoms with Gasteiger partial charge in [-0.1, -0.05) is 74.4 Å². The molecule has 1 aromatic heterocycles. The van der Waals surface area contributed by atoms with Crippen LogP contribution in [-0.4, -0.2) is 22.5 Å². The zero-order valence-corrected chi connectivity index (χ0v) is 21.4. The Balaban J connectivity index is 1.54. The Labute approximate surface area is 215 Å². The van der Waals surface area contributed by atoms with Crippen molar-refractivity contribution in [2.45, 2.75) is 52.2 Å². The van der Waals surface area contributed by atoms with Crippen LogP contribution in [0.3, 0.4) is 0 Å². The van der Waals surface area contributed by atoms with Crippen molar-refractivity contribution in [3.8, 4) is 5.75 Å². The molecule has 0 spiro atoms. The lowest BCUT2D eigenvalue weighted by atomic mass is 10.0. The monoisotopic (exact) mass is 480 g/mol. The number of hydrogen-bond donors (Lipinski definition) is 0. The number of benzene rings is 3. The molecule has 4 aromatic rings. The summed E-state index contributed by atoms with van der Waals surface area (Å²) in [5, 5.41) is 0. The summed E-state index contributed by atoms with van der Waals surface area (Å²) < 4.78 is 7.59. The summed E-state index contributed by atoms with van der Waals surface area (Å²) in [6.07, 6.45) is 6.78. The fraction of sp³-hybridized carbons (Fsp3) is 0.281. The molecular formula is C32H36N2O2. The minimum absolute atomic E-state index is 0.0492. The zero-order valence-electron chi connectivity index (χ0n) is 21.4. The summed E-state index contributed by atoms with van der Waals surface area (Å²) in [7, 11) is 1.69. The van der Waals surface area contributed by atoms with Gasteiger partial charge in [0, 0.05) is 30.5 Å². The number of hydrogen-bond acceptors (Lipinski definition) is 2. The van der Waals surface area contributed by atoms with Gasteiger partial charge in [-0.15, -0.1) is 0 Å². The highest BCUT2D eigenvalue weighted by atomic mass is 16.5. The van der Waals surface area contributed by atoms with Gasteiger partial charge >= 0.3 is 0 Å². The van der Waals surface area contributed by atoms with E-state index in [0.29, 0.717) is 13.1 Å². The van der Waals surface area contributed by atoms with Crippen molar-refractivity contribution in [1.82, 2.24) is 9.47 Å². The maximum absolute atomic E-state index is 13.7. The van der Waals surface area contributed by atoms with E-state index in [4.69, 9.17) is 4.74 Å². The normalized spacial score (nSPS) is 10.8. The van der Waals surface area contributed by atoms with Gasteiger partial charge in [0.05, 0.1) is 13.7 Å². The Kier molecular flexibility index (Phi) is 8.98. The smallest absolute Gasteiger partial charge is 0.254 e. The van der Waals surface area contributed by atoms with Gasteiger partial charge in [0.25, 0.3) is 5.91 Å². The topological polar surface area (TPSA) is 34.5 Å². The number of aryl methyl sites for hydroxylation is 1. The van der Waals surface area contributed by atoms with Crippen LogP contribution in [0.5, 0.6) is 5.75 Å².